The summed E-state index contributed by atoms with van der Waals surface area (Å²) in [6.45, 7) is 3.72. The van der Waals surface area contributed by atoms with Crippen molar-refractivity contribution in [1.82, 2.24) is 15.6 Å². The van der Waals surface area contributed by atoms with Crippen LogP contribution in [-0.2, 0) is 4.79 Å². The highest BCUT2D eigenvalue weighted by molar-refractivity contribution is 8.01. The molecule has 0 aliphatic carbocycles. The van der Waals surface area contributed by atoms with Gasteiger partial charge in [0.05, 0.1) is 0 Å². The first kappa shape index (κ1) is 11.4. The highest BCUT2D eigenvalue weighted by Crippen LogP contribution is 2.23. The summed E-state index contributed by atoms with van der Waals surface area (Å²) in [6.07, 6.45) is 0. The van der Waals surface area contributed by atoms with Gasteiger partial charge in [0.25, 0.3) is 0 Å². The molecule has 1 atom stereocenters. The van der Waals surface area contributed by atoms with Gasteiger partial charge in [-0.15, -0.1) is 10.2 Å². The normalized spacial score (nSPS) is 12.5. The molecule has 0 aromatic carbocycles. The Labute approximate surface area is 90.4 Å². The fourth-order valence-electron chi connectivity index (χ4n) is 0.751. The van der Waals surface area contributed by atoms with Crippen LogP contribution in [0.2, 0.25) is 0 Å². The minimum absolute atomic E-state index is 0.116. The lowest BCUT2D eigenvalue weighted by Crippen LogP contribution is -2.35. The quantitative estimate of drug-likeness (QED) is 0.343. The van der Waals surface area contributed by atoms with E-state index in [4.69, 9.17) is 5.84 Å². The highest BCUT2D eigenvalue weighted by Gasteiger charge is 2.12. The van der Waals surface area contributed by atoms with Gasteiger partial charge < -0.3 is 0 Å². The van der Waals surface area contributed by atoms with Gasteiger partial charge in [0.1, 0.15) is 5.01 Å². The lowest BCUT2D eigenvalue weighted by atomic mass is 10.2. The number of rotatable bonds is 4. The smallest absolute Gasteiger partial charge is 0.237 e. The number of nitrogens with two attached hydrogens (primary N) is 1. The van der Waals surface area contributed by atoms with Gasteiger partial charge in [-0.1, -0.05) is 30.0 Å². The number of hydrogen-bond acceptors (Lipinski definition) is 6. The number of hydrogen-bond donors (Lipinski definition) is 2. The number of carbonyl (C=O) groups is 1. The van der Waals surface area contributed by atoms with Crippen molar-refractivity contribution < 1.29 is 4.79 Å². The SMILES string of the molecule is Cc1nnc(SCC(C)C(=O)NN)s1. The van der Waals surface area contributed by atoms with Crippen molar-refractivity contribution in [1.29, 1.82) is 0 Å². The topological polar surface area (TPSA) is 80.9 Å². The first-order chi connectivity index (χ1) is 6.63. The van der Waals surface area contributed by atoms with Crippen LogP contribution in [0.3, 0.4) is 0 Å². The Bertz CT molecular complexity index is 314. The van der Waals surface area contributed by atoms with Crippen LogP contribution in [0.5, 0.6) is 0 Å². The van der Waals surface area contributed by atoms with Crippen molar-refractivity contribution in [2.45, 2.75) is 18.2 Å². The number of hydrazine groups is 1. The molecule has 0 saturated heterocycles. The molecule has 0 bridgehead atoms. The summed E-state index contributed by atoms with van der Waals surface area (Å²) in [5.41, 5.74) is 2.12. The molecule has 1 rings (SSSR count). The first-order valence-corrected chi connectivity index (χ1v) is 5.87. The zero-order valence-electron chi connectivity index (χ0n) is 7.98. The van der Waals surface area contributed by atoms with Crippen molar-refractivity contribution in [3.63, 3.8) is 0 Å². The summed E-state index contributed by atoms with van der Waals surface area (Å²) in [5, 5.41) is 8.76. The minimum atomic E-state index is -0.154. The number of nitrogens with one attached hydrogen (secondary N) is 1. The van der Waals surface area contributed by atoms with E-state index >= 15 is 0 Å². The Kier molecular flexibility index (Phi) is 4.30. The van der Waals surface area contributed by atoms with Gasteiger partial charge in [-0.2, -0.15) is 0 Å². The van der Waals surface area contributed by atoms with Gasteiger partial charge in [-0.3, -0.25) is 10.2 Å². The van der Waals surface area contributed by atoms with Gasteiger partial charge in [0.15, 0.2) is 4.34 Å². The molecule has 1 aromatic heterocycles. The summed E-state index contributed by atoms with van der Waals surface area (Å²) in [5.74, 6) is 5.41. The summed E-state index contributed by atoms with van der Waals surface area (Å²) < 4.78 is 0.888. The van der Waals surface area contributed by atoms with E-state index in [2.05, 4.69) is 15.6 Å². The lowest BCUT2D eigenvalue weighted by Gasteiger charge is -2.06. The summed E-state index contributed by atoms with van der Waals surface area (Å²) in [7, 11) is 0. The van der Waals surface area contributed by atoms with Crippen LogP contribution in [0.4, 0.5) is 0 Å². The van der Waals surface area contributed by atoms with Gasteiger partial charge in [-0.25, -0.2) is 5.84 Å². The molecule has 1 heterocycles. The molecule has 1 aromatic rings. The van der Waals surface area contributed by atoms with Crippen molar-refractivity contribution in [3.05, 3.63) is 5.01 Å². The number of thioether (sulfide) groups is 1. The van der Waals surface area contributed by atoms with Gasteiger partial charge in [0.2, 0.25) is 5.91 Å². The van der Waals surface area contributed by atoms with Crippen molar-refractivity contribution in [2.24, 2.45) is 11.8 Å². The van der Waals surface area contributed by atoms with E-state index in [9.17, 15) is 4.79 Å². The predicted octanol–water partition coefficient (Wildman–Crippen LogP) is 0.565. The van der Waals surface area contributed by atoms with E-state index in [1.807, 2.05) is 13.8 Å². The Morgan fingerprint density at radius 1 is 1.71 bits per heavy atom. The van der Waals surface area contributed by atoms with Gasteiger partial charge in [0, 0.05) is 11.7 Å². The second kappa shape index (κ2) is 5.28. The number of aryl methyl sites for hydroxylation is 1. The van der Waals surface area contributed by atoms with E-state index in [-0.39, 0.29) is 11.8 Å². The number of carbonyl (C=O) groups excluding carboxylic acids is 1. The van der Waals surface area contributed by atoms with Gasteiger partial charge in [-0.05, 0) is 6.92 Å². The Morgan fingerprint density at radius 3 is 2.93 bits per heavy atom. The first-order valence-electron chi connectivity index (χ1n) is 4.07. The molecule has 0 aliphatic rings. The lowest BCUT2D eigenvalue weighted by molar-refractivity contribution is -0.123. The zero-order valence-corrected chi connectivity index (χ0v) is 9.61. The molecule has 1 unspecified atom stereocenters. The molecule has 0 spiro atoms. The molecule has 0 fully saturated rings. The third kappa shape index (κ3) is 3.24. The third-order valence-electron chi connectivity index (χ3n) is 1.55. The second-order valence-corrected chi connectivity index (χ2v) is 5.26. The molecule has 14 heavy (non-hydrogen) atoms. The molecule has 0 aliphatic heterocycles. The Morgan fingerprint density at radius 2 is 2.43 bits per heavy atom. The van der Waals surface area contributed by atoms with E-state index < -0.39 is 0 Å². The standard InChI is InChI=1S/C7H12N4OS2/c1-4(6(12)9-8)3-13-7-11-10-5(2)14-7/h4H,3,8H2,1-2H3,(H,9,12). The van der Waals surface area contributed by atoms with Crippen LogP contribution < -0.4 is 11.3 Å². The molecule has 7 heteroatoms. The van der Waals surface area contributed by atoms with Crippen molar-refractivity contribution in [2.75, 3.05) is 5.75 Å². The Balaban J connectivity index is 2.37. The predicted molar refractivity (Wildman–Crippen MR) is 56.9 cm³/mol. The van der Waals surface area contributed by atoms with E-state index in [1.54, 1.807) is 0 Å². The molecular formula is C7H12N4OS2. The fraction of sp³-hybridized carbons (Fsp3) is 0.571. The zero-order chi connectivity index (χ0) is 10.6. The number of aromatic nitrogens is 2. The maximum Gasteiger partial charge on any atom is 0.237 e. The molecule has 0 radical (unpaired) electrons. The summed E-state index contributed by atoms with van der Waals surface area (Å²) in [6, 6.07) is 0. The van der Waals surface area contributed by atoms with Gasteiger partial charge >= 0.3 is 0 Å². The average Bonchev–Trinajstić information content (AvgIpc) is 2.59. The average molecular weight is 232 g/mol. The molecule has 78 valence electrons. The highest BCUT2D eigenvalue weighted by atomic mass is 32.2. The molecule has 1 amide bonds. The van der Waals surface area contributed by atoms with Crippen LogP contribution in [-0.4, -0.2) is 21.9 Å². The molecule has 3 N–H and O–H groups in total. The number of nitrogens with zero attached hydrogens (tertiary/aromatic N) is 2. The number of amides is 1. The minimum Gasteiger partial charge on any atom is -0.294 e. The van der Waals surface area contributed by atoms with Crippen LogP contribution in [0.1, 0.15) is 11.9 Å². The maximum absolute atomic E-state index is 11.1. The third-order valence-corrected chi connectivity index (χ3v) is 3.79. The molecular weight excluding hydrogens is 220 g/mol. The van der Waals surface area contributed by atoms with Crippen molar-refractivity contribution >= 4 is 29.0 Å². The molecule has 0 saturated carbocycles. The summed E-state index contributed by atoms with van der Waals surface area (Å²) in [4.78, 5) is 11.1. The second-order valence-electron chi connectivity index (χ2n) is 2.81. The Hall–Kier alpha value is -0.660. The van der Waals surface area contributed by atoms with Crippen LogP contribution in [0.25, 0.3) is 0 Å². The van der Waals surface area contributed by atoms with Crippen LogP contribution in [0, 0.1) is 12.8 Å². The largest absolute Gasteiger partial charge is 0.294 e. The summed E-state index contributed by atoms with van der Waals surface area (Å²) >= 11 is 3.05. The fourth-order valence-corrected chi connectivity index (χ4v) is 2.61. The molecule has 5 nitrogen and oxygen atoms in total. The monoisotopic (exact) mass is 232 g/mol. The maximum atomic E-state index is 11.1. The van der Waals surface area contributed by atoms with E-state index in [0.29, 0.717) is 5.75 Å². The van der Waals surface area contributed by atoms with Crippen molar-refractivity contribution in [3.8, 4) is 0 Å². The van der Waals surface area contributed by atoms with Crippen LogP contribution >= 0.6 is 23.1 Å². The van der Waals surface area contributed by atoms with E-state index in [1.165, 1.54) is 23.1 Å². The van der Waals surface area contributed by atoms with Crippen LogP contribution in [0.15, 0.2) is 4.34 Å². The van der Waals surface area contributed by atoms with E-state index in [0.717, 1.165) is 9.35 Å².